The minimum Gasteiger partial charge on any atom is -0.390 e. The lowest BCUT2D eigenvalue weighted by atomic mass is 10.1. The van der Waals surface area contributed by atoms with E-state index in [2.05, 4.69) is 0 Å². The molecule has 0 saturated heterocycles. The Morgan fingerprint density at radius 1 is 1.38 bits per heavy atom. The number of aromatic nitrogens is 1. The van der Waals surface area contributed by atoms with Crippen molar-refractivity contribution in [1.29, 1.82) is 0 Å². The van der Waals surface area contributed by atoms with E-state index in [4.69, 9.17) is 5.11 Å². The minimum absolute atomic E-state index is 0.173. The van der Waals surface area contributed by atoms with E-state index in [-0.39, 0.29) is 6.07 Å². The summed E-state index contributed by atoms with van der Waals surface area (Å²) in [4.78, 5) is 12.7. The first-order chi connectivity index (χ1) is 7.27. The quantitative estimate of drug-likeness (QED) is 0.778. The second-order valence-corrected chi connectivity index (χ2v) is 2.90. The Bertz CT molecular complexity index is 437. The van der Waals surface area contributed by atoms with Gasteiger partial charge in [-0.3, -0.25) is 4.79 Å². The zero-order valence-electron chi connectivity index (χ0n) is 7.61. The van der Waals surface area contributed by atoms with Crippen molar-refractivity contribution in [2.45, 2.75) is 19.2 Å². The standard InChI is InChI=1S/C8H6F5NO2/c9-7(10)3-1-5(16)6(8(11,12)13)4(2-15)14-3/h1,7,15H,2H2,(H,14,16). The van der Waals surface area contributed by atoms with Crippen molar-refractivity contribution in [1.82, 2.24) is 4.98 Å². The van der Waals surface area contributed by atoms with Gasteiger partial charge in [0, 0.05) is 6.07 Å². The highest BCUT2D eigenvalue weighted by Crippen LogP contribution is 2.29. The molecule has 1 heterocycles. The molecule has 0 bridgehead atoms. The molecule has 1 rings (SSSR count). The number of aliphatic hydroxyl groups is 1. The van der Waals surface area contributed by atoms with Gasteiger partial charge in [-0.1, -0.05) is 0 Å². The molecule has 2 N–H and O–H groups in total. The van der Waals surface area contributed by atoms with Crippen molar-refractivity contribution in [2.75, 3.05) is 0 Å². The van der Waals surface area contributed by atoms with Crippen LogP contribution < -0.4 is 5.43 Å². The van der Waals surface area contributed by atoms with E-state index in [1.165, 1.54) is 0 Å². The summed E-state index contributed by atoms with van der Waals surface area (Å²) in [5.41, 5.74) is -5.16. The first-order valence-electron chi connectivity index (χ1n) is 3.99. The Labute approximate surface area is 85.5 Å². The van der Waals surface area contributed by atoms with Crippen molar-refractivity contribution in [3.63, 3.8) is 0 Å². The maximum atomic E-state index is 12.3. The SMILES string of the molecule is O=c1cc(C(F)F)[nH]c(CO)c1C(F)(F)F. The Balaban J connectivity index is 3.47. The number of aliphatic hydroxyl groups excluding tert-OH is 1. The largest absolute Gasteiger partial charge is 0.421 e. The molecule has 0 aliphatic heterocycles. The maximum Gasteiger partial charge on any atom is 0.421 e. The predicted molar refractivity (Wildman–Crippen MR) is 42.9 cm³/mol. The zero-order chi connectivity index (χ0) is 12.5. The molecule has 0 radical (unpaired) electrons. The first-order valence-corrected chi connectivity index (χ1v) is 3.99. The fourth-order valence-corrected chi connectivity index (χ4v) is 1.18. The fraction of sp³-hybridized carbons (Fsp3) is 0.375. The van der Waals surface area contributed by atoms with Gasteiger partial charge in [-0.2, -0.15) is 13.2 Å². The lowest BCUT2D eigenvalue weighted by Crippen LogP contribution is -2.24. The molecule has 0 amide bonds. The summed E-state index contributed by atoms with van der Waals surface area (Å²) < 4.78 is 61.2. The summed E-state index contributed by atoms with van der Waals surface area (Å²) in [5.74, 6) is 0. The van der Waals surface area contributed by atoms with Gasteiger partial charge < -0.3 is 10.1 Å². The topological polar surface area (TPSA) is 53.1 Å². The van der Waals surface area contributed by atoms with E-state index in [1.807, 2.05) is 0 Å². The lowest BCUT2D eigenvalue weighted by Gasteiger charge is -2.11. The molecule has 1 aromatic rings. The van der Waals surface area contributed by atoms with Crippen LogP contribution in [0.4, 0.5) is 22.0 Å². The van der Waals surface area contributed by atoms with Crippen molar-refractivity contribution in [3.8, 4) is 0 Å². The van der Waals surface area contributed by atoms with Gasteiger partial charge in [0.1, 0.15) is 5.56 Å². The molecular formula is C8H6F5NO2. The molecule has 0 spiro atoms. The van der Waals surface area contributed by atoms with Gasteiger partial charge in [0.15, 0.2) is 5.43 Å². The molecule has 0 fully saturated rings. The summed E-state index contributed by atoms with van der Waals surface area (Å²) >= 11 is 0. The Hall–Kier alpha value is -1.44. The molecule has 3 nitrogen and oxygen atoms in total. The van der Waals surface area contributed by atoms with E-state index in [9.17, 15) is 26.7 Å². The number of nitrogens with one attached hydrogen (secondary N) is 1. The average Bonchev–Trinajstić information content (AvgIpc) is 2.14. The molecule has 16 heavy (non-hydrogen) atoms. The van der Waals surface area contributed by atoms with Crippen LogP contribution in [0.15, 0.2) is 10.9 Å². The van der Waals surface area contributed by atoms with Crippen LogP contribution in [0.3, 0.4) is 0 Å². The van der Waals surface area contributed by atoms with Crippen molar-refractivity contribution < 1.29 is 27.1 Å². The second-order valence-electron chi connectivity index (χ2n) is 2.90. The zero-order valence-corrected chi connectivity index (χ0v) is 7.61. The van der Waals surface area contributed by atoms with Crippen molar-refractivity contribution in [3.05, 3.63) is 33.2 Å². The highest BCUT2D eigenvalue weighted by molar-refractivity contribution is 5.26. The maximum absolute atomic E-state index is 12.3. The third kappa shape index (κ3) is 2.38. The Kier molecular flexibility index (Phi) is 3.32. The van der Waals surface area contributed by atoms with Gasteiger partial charge in [0.2, 0.25) is 0 Å². The van der Waals surface area contributed by atoms with Crippen molar-refractivity contribution in [2.24, 2.45) is 0 Å². The van der Waals surface area contributed by atoms with Gasteiger partial charge in [0.25, 0.3) is 6.43 Å². The fourth-order valence-electron chi connectivity index (χ4n) is 1.18. The summed E-state index contributed by atoms with van der Waals surface area (Å²) in [6, 6.07) is 0.173. The predicted octanol–water partition coefficient (Wildman–Crippen LogP) is 1.82. The van der Waals surface area contributed by atoms with Gasteiger partial charge >= 0.3 is 6.18 Å². The number of pyridine rings is 1. The normalized spacial score (nSPS) is 12.2. The lowest BCUT2D eigenvalue weighted by molar-refractivity contribution is -0.139. The van der Waals surface area contributed by atoms with Crippen LogP contribution in [0.25, 0.3) is 0 Å². The number of hydrogen-bond acceptors (Lipinski definition) is 2. The van der Waals surface area contributed by atoms with Gasteiger partial charge in [-0.15, -0.1) is 0 Å². The number of aromatic amines is 1. The summed E-state index contributed by atoms with van der Waals surface area (Å²) in [5, 5.41) is 8.60. The summed E-state index contributed by atoms with van der Waals surface area (Å²) in [6.07, 6.45) is -8.10. The number of halogens is 5. The summed E-state index contributed by atoms with van der Waals surface area (Å²) in [6.45, 7) is -1.18. The van der Waals surface area contributed by atoms with E-state index in [0.29, 0.717) is 0 Å². The molecule has 1 aromatic heterocycles. The molecule has 0 atom stereocenters. The van der Waals surface area contributed by atoms with E-state index in [0.717, 1.165) is 0 Å². The number of hydrogen-bond donors (Lipinski definition) is 2. The van der Waals surface area contributed by atoms with Crippen molar-refractivity contribution >= 4 is 0 Å². The van der Waals surface area contributed by atoms with Gasteiger partial charge in [0.05, 0.1) is 18.0 Å². The molecule has 0 saturated carbocycles. The monoisotopic (exact) mass is 243 g/mol. The molecule has 0 aliphatic carbocycles. The highest BCUT2D eigenvalue weighted by atomic mass is 19.4. The Morgan fingerprint density at radius 2 is 1.94 bits per heavy atom. The van der Waals surface area contributed by atoms with Gasteiger partial charge in [-0.05, 0) is 0 Å². The molecule has 0 aromatic carbocycles. The second kappa shape index (κ2) is 4.20. The third-order valence-corrected chi connectivity index (χ3v) is 1.81. The molecule has 0 aliphatic rings. The highest BCUT2D eigenvalue weighted by Gasteiger charge is 2.37. The number of H-pyrrole nitrogens is 1. The van der Waals surface area contributed by atoms with Crippen LogP contribution in [0.2, 0.25) is 0 Å². The Morgan fingerprint density at radius 3 is 2.31 bits per heavy atom. The smallest absolute Gasteiger partial charge is 0.390 e. The van der Waals surface area contributed by atoms with E-state index >= 15 is 0 Å². The van der Waals surface area contributed by atoms with Crippen LogP contribution in [0.1, 0.15) is 23.4 Å². The van der Waals surface area contributed by atoms with E-state index in [1.54, 1.807) is 4.98 Å². The van der Waals surface area contributed by atoms with Gasteiger partial charge in [-0.25, -0.2) is 8.78 Å². The van der Waals surface area contributed by atoms with Crippen LogP contribution in [0.5, 0.6) is 0 Å². The first kappa shape index (κ1) is 12.6. The van der Waals surface area contributed by atoms with Crippen LogP contribution in [-0.4, -0.2) is 10.1 Å². The molecular weight excluding hydrogens is 237 g/mol. The van der Waals surface area contributed by atoms with Crippen LogP contribution >= 0.6 is 0 Å². The van der Waals surface area contributed by atoms with E-state index < -0.39 is 41.6 Å². The number of rotatable bonds is 2. The molecule has 8 heteroatoms. The molecule has 90 valence electrons. The molecule has 0 unspecified atom stereocenters. The third-order valence-electron chi connectivity index (χ3n) is 1.81. The number of alkyl halides is 5. The van der Waals surface area contributed by atoms with Crippen LogP contribution in [-0.2, 0) is 12.8 Å². The van der Waals surface area contributed by atoms with Crippen LogP contribution in [0, 0.1) is 0 Å². The summed E-state index contributed by atoms with van der Waals surface area (Å²) in [7, 11) is 0. The average molecular weight is 243 g/mol. The minimum atomic E-state index is -4.99.